The summed E-state index contributed by atoms with van der Waals surface area (Å²) in [5.74, 6) is 0.0830. The molecule has 0 aliphatic carbocycles. The predicted octanol–water partition coefficient (Wildman–Crippen LogP) is 3.79. The lowest BCUT2D eigenvalue weighted by molar-refractivity contribution is 0.102. The van der Waals surface area contributed by atoms with Gasteiger partial charge in [-0.1, -0.05) is 23.2 Å². The number of hydrogen-bond acceptors (Lipinski definition) is 5. The standard InChI is InChI=1S/C14H9Cl2N3O3/c1-21-10-3-2-7(13-12(10)18-6-22-13)14(20)19-11-8(15)4-17-5-9(11)16/h2-6H,1H3,(H,17,19,20). The number of hydrogen-bond donors (Lipinski definition) is 1. The van der Waals surface area contributed by atoms with Crippen LogP contribution in [-0.2, 0) is 0 Å². The fourth-order valence-electron chi connectivity index (χ4n) is 1.98. The second kappa shape index (κ2) is 5.82. The highest BCUT2D eigenvalue weighted by atomic mass is 35.5. The lowest BCUT2D eigenvalue weighted by atomic mass is 10.1. The summed E-state index contributed by atoms with van der Waals surface area (Å²) in [6, 6.07) is 3.21. The molecule has 22 heavy (non-hydrogen) atoms. The van der Waals surface area contributed by atoms with Crippen molar-refractivity contribution in [1.82, 2.24) is 9.97 Å². The van der Waals surface area contributed by atoms with Gasteiger partial charge in [0.2, 0.25) is 0 Å². The van der Waals surface area contributed by atoms with Crippen LogP contribution in [0.3, 0.4) is 0 Å². The molecule has 0 atom stereocenters. The molecule has 0 bridgehead atoms. The van der Waals surface area contributed by atoms with Crippen LogP contribution < -0.4 is 10.1 Å². The van der Waals surface area contributed by atoms with Crippen LogP contribution in [0, 0.1) is 0 Å². The molecule has 0 saturated heterocycles. The number of anilines is 1. The largest absolute Gasteiger partial charge is 0.494 e. The van der Waals surface area contributed by atoms with E-state index in [0.29, 0.717) is 16.8 Å². The molecule has 0 saturated carbocycles. The first-order valence-corrected chi connectivity index (χ1v) is 6.88. The molecular formula is C14H9Cl2N3O3. The van der Waals surface area contributed by atoms with E-state index in [4.69, 9.17) is 32.4 Å². The number of benzene rings is 1. The number of methoxy groups -OCH3 is 1. The van der Waals surface area contributed by atoms with E-state index in [1.54, 1.807) is 12.1 Å². The molecule has 112 valence electrons. The summed E-state index contributed by atoms with van der Waals surface area (Å²) in [7, 11) is 1.51. The maximum atomic E-state index is 12.5. The fraction of sp³-hybridized carbons (Fsp3) is 0.0714. The van der Waals surface area contributed by atoms with Gasteiger partial charge in [-0.2, -0.15) is 0 Å². The number of oxazole rings is 1. The van der Waals surface area contributed by atoms with E-state index in [9.17, 15) is 4.79 Å². The minimum Gasteiger partial charge on any atom is -0.494 e. The van der Waals surface area contributed by atoms with Crippen LogP contribution in [0.25, 0.3) is 11.1 Å². The van der Waals surface area contributed by atoms with Gasteiger partial charge >= 0.3 is 0 Å². The molecule has 8 heteroatoms. The van der Waals surface area contributed by atoms with Crippen LogP contribution in [0.1, 0.15) is 10.4 Å². The molecule has 0 fully saturated rings. The van der Waals surface area contributed by atoms with Crippen LogP contribution in [0.15, 0.2) is 35.3 Å². The van der Waals surface area contributed by atoms with Crippen LogP contribution in [0.2, 0.25) is 10.0 Å². The molecule has 6 nitrogen and oxygen atoms in total. The Bertz CT molecular complexity index is 843. The van der Waals surface area contributed by atoms with E-state index in [1.165, 1.54) is 25.9 Å². The molecule has 2 heterocycles. The zero-order chi connectivity index (χ0) is 15.7. The predicted molar refractivity (Wildman–Crippen MR) is 82.8 cm³/mol. The van der Waals surface area contributed by atoms with Crippen molar-refractivity contribution in [2.45, 2.75) is 0 Å². The Balaban J connectivity index is 2.01. The van der Waals surface area contributed by atoms with Gasteiger partial charge in [0, 0.05) is 12.4 Å². The molecule has 3 aromatic rings. The number of carbonyl (C=O) groups excluding carboxylic acids is 1. The zero-order valence-electron chi connectivity index (χ0n) is 11.3. The summed E-state index contributed by atoms with van der Waals surface area (Å²) in [6.07, 6.45) is 4.03. The molecule has 0 radical (unpaired) electrons. The van der Waals surface area contributed by atoms with E-state index in [0.717, 1.165) is 0 Å². The minimum absolute atomic E-state index is 0.239. The number of fused-ring (bicyclic) bond motifs is 1. The van der Waals surface area contributed by atoms with Crippen molar-refractivity contribution in [1.29, 1.82) is 0 Å². The van der Waals surface area contributed by atoms with Gasteiger partial charge in [-0.25, -0.2) is 4.98 Å². The van der Waals surface area contributed by atoms with Crippen molar-refractivity contribution in [3.63, 3.8) is 0 Å². The quantitative estimate of drug-likeness (QED) is 0.786. The Kier molecular flexibility index (Phi) is 3.87. The van der Waals surface area contributed by atoms with Crippen LogP contribution >= 0.6 is 23.2 Å². The van der Waals surface area contributed by atoms with Crippen LogP contribution in [0.5, 0.6) is 5.75 Å². The number of nitrogens with zero attached hydrogens (tertiary/aromatic N) is 2. The summed E-state index contributed by atoms with van der Waals surface area (Å²) in [6.45, 7) is 0. The molecular weight excluding hydrogens is 329 g/mol. The Morgan fingerprint density at radius 2 is 2.00 bits per heavy atom. The molecule has 0 spiro atoms. The Morgan fingerprint density at radius 1 is 1.27 bits per heavy atom. The highest BCUT2D eigenvalue weighted by Crippen LogP contribution is 2.31. The fourth-order valence-corrected chi connectivity index (χ4v) is 2.44. The number of amides is 1. The van der Waals surface area contributed by atoms with Crippen molar-refractivity contribution in [3.05, 3.63) is 46.5 Å². The van der Waals surface area contributed by atoms with Crippen molar-refractivity contribution >= 4 is 45.9 Å². The van der Waals surface area contributed by atoms with Gasteiger partial charge in [0.05, 0.1) is 28.4 Å². The first-order chi connectivity index (χ1) is 10.6. The average Bonchev–Trinajstić information content (AvgIpc) is 2.99. The number of nitrogens with one attached hydrogen (secondary N) is 1. The third-order valence-corrected chi connectivity index (χ3v) is 3.58. The monoisotopic (exact) mass is 337 g/mol. The summed E-state index contributed by atoms with van der Waals surface area (Å²) < 4.78 is 10.5. The van der Waals surface area contributed by atoms with Crippen molar-refractivity contribution < 1.29 is 13.9 Å². The van der Waals surface area contributed by atoms with Gasteiger partial charge < -0.3 is 14.5 Å². The summed E-state index contributed by atoms with van der Waals surface area (Å²) in [5.41, 5.74) is 1.35. The number of rotatable bonds is 3. The van der Waals surface area contributed by atoms with Crippen LogP contribution in [0.4, 0.5) is 5.69 Å². The van der Waals surface area contributed by atoms with Crippen molar-refractivity contribution in [3.8, 4) is 5.75 Å². The second-order valence-corrected chi connectivity index (χ2v) is 5.09. The number of halogens is 2. The second-order valence-electron chi connectivity index (χ2n) is 4.28. The molecule has 0 aliphatic rings. The summed E-state index contributed by atoms with van der Waals surface area (Å²) >= 11 is 12.0. The van der Waals surface area contributed by atoms with Crippen molar-refractivity contribution in [2.24, 2.45) is 0 Å². The van der Waals surface area contributed by atoms with E-state index < -0.39 is 5.91 Å². The smallest absolute Gasteiger partial charge is 0.259 e. The zero-order valence-corrected chi connectivity index (χ0v) is 12.8. The molecule has 2 aromatic heterocycles. The third kappa shape index (κ3) is 2.47. The maximum Gasteiger partial charge on any atom is 0.259 e. The van der Waals surface area contributed by atoms with Gasteiger partial charge in [0.1, 0.15) is 5.75 Å². The van der Waals surface area contributed by atoms with E-state index in [-0.39, 0.29) is 21.3 Å². The van der Waals surface area contributed by atoms with Crippen LogP contribution in [-0.4, -0.2) is 23.0 Å². The number of pyridine rings is 1. The number of carbonyl (C=O) groups is 1. The lowest BCUT2D eigenvalue weighted by Crippen LogP contribution is -2.13. The Morgan fingerprint density at radius 3 is 2.68 bits per heavy atom. The average molecular weight is 338 g/mol. The first-order valence-electron chi connectivity index (χ1n) is 6.12. The minimum atomic E-state index is -0.431. The Hall–Kier alpha value is -2.31. The molecule has 0 unspecified atom stereocenters. The molecule has 1 aromatic carbocycles. The molecule has 0 aliphatic heterocycles. The Labute approximate surface area is 135 Å². The third-order valence-electron chi connectivity index (χ3n) is 3.00. The van der Waals surface area contributed by atoms with Gasteiger partial charge in [-0.15, -0.1) is 0 Å². The van der Waals surface area contributed by atoms with E-state index in [1.807, 2.05) is 0 Å². The van der Waals surface area contributed by atoms with Gasteiger partial charge in [0.15, 0.2) is 17.5 Å². The maximum absolute atomic E-state index is 12.5. The number of aromatic nitrogens is 2. The van der Waals surface area contributed by atoms with E-state index >= 15 is 0 Å². The van der Waals surface area contributed by atoms with Gasteiger partial charge in [-0.05, 0) is 12.1 Å². The topological polar surface area (TPSA) is 77.2 Å². The van der Waals surface area contributed by atoms with Crippen molar-refractivity contribution in [2.75, 3.05) is 12.4 Å². The highest BCUT2D eigenvalue weighted by molar-refractivity contribution is 6.39. The molecule has 1 amide bonds. The van der Waals surface area contributed by atoms with Gasteiger partial charge in [0.25, 0.3) is 5.91 Å². The van der Waals surface area contributed by atoms with Gasteiger partial charge in [-0.3, -0.25) is 9.78 Å². The summed E-state index contributed by atoms with van der Waals surface area (Å²) in [5, 5.41) is 3.12. The number of ether oxygens (including phenoxy) is 1. The molecule has 1 N–H and O–H groups in total. The first kappa shape index (κ1) is 14.6. The SMILES string of the molecule is COc1ccc(C(=O)Nc2c(Cl)cncc2Cl)c2ocnc12. The summed E-state index contributed by atoms with van der Waals surface area (Å²) in [4.78, 5) is 20.3. The van der Waals surface area contributed by atoms with E-state index in [2.05, 4.69) is 15.3 Å². The molecule has 3 rings (SSSR count). The highest BCUT2D eigenvalue weighted by Gasteiger charge is 2.18. The normalized spacial score (nSPS) is 10.7. The lowest BCUT2D eigenvalue weighted by Gasteiger charge is -2.09.